The largest absolute Gasteiger partial charge is 0.345 e. The summed E-state index contributed by atoms with van der Waals surface area (Å²) in [4.78, 5) is 44.1. The predicted molar refractivity (Wildman–Crippen MR) is 101 cm³/mol. The van der Waals surface area contributed by atoms with Gasteiger partial charge in [-0.2, -0.15) is 0 Å². The standard InChI is InChI=1S/C18H17N7O3/c1-3-24-9-12(14(26)11-5-4-10(2)21-15(11)24)17(27)20-8-13-22-23-16-18(28)19-6-7-25(13)16/h4-7,9H,3,8H2,1-2H3,(H,19,28)(H,20,27). The summed E-state index contributed by atoms with van der Waals surface area (Å²) in [6, 6.07) is 3.42. The van der Waals surface area contributed by atoms with Crippen LogP contribution in [0.15, 0.2) is 40.3 Å². The van der Waals surface area contributed by atoms with Crippen molar-refractivity contribution in [3.05, 3.63) is 68.4 Å². The summed E-state index contributed by atoms with van der Waals surface area (Å²) in [6.45, 7) is 4.33. The molecule has 4 rings (SSSR count). The molecule has 4 aromatic rings. The highest BCUT2D eigenvalue weighted by Crippen LogP contribution is 2.11. The van der Waals surface area contributed by atoms with Gasteiger partial charge in [-0.05, 0) is 26.0 Å². The van der Waals surface area contributed by atoms with Crippen LogP contribution < -0.4 is 16.3 Å². The summed E-state index contributed by atoms with van der Waals surface area (Å²) in [7, 11) is 0. The molecule has 2 N–H and O–H groups in total. The smallest absolute Gasteiger partial charge is 0.293 e. The molecule has 0 aliphatic carbocycles. The van der Waals surface area contributed by atoms with E-state index < -0.39 is 5.91 Å². The Balaban J connectivity index is 1.68. The highest BCUT2D eigenvalue weighted by molar-refractivity contribution is 5.96. The van der Waals surface area contributed by atoms with E-state index in [1.165, 1.54) is 16.8 Å². The topological polar surface area (TPSA) is 127 Å². The van der Waals surface area contributed by atoms with Gasteiger partial charge in [0.2, 0.25) is 11.1 Å². The van der Waals surface area contributed by atoms with Crippen LogP contribution in [0.4, 0.5) is 0 Å². The molecule has 0 saturated carbocycles. The third-order valence-corrected chi connectivity index (χ3v) is 4.46. The molecule has 0 fully saturated rings. The molecular weight excluding hydrogens is 362 g/mol. The number of nitrogens with zero attached hydrogens (tertiary/aromatic N) is 5. The number of aromatic nitrogens is 6. The SMILES string of the molecule is CCn1cc(C(=O)NCc2nnc3c(=O)[nH]ccn23)c(=O)c2ccc(C)nc21. The van der Waals surface area contributed by atoms with Gasteiger partial charge in [-0.1, -0.05) is 0 Å². The maximum Gasteiger partial charge on any atom is 0.293 e. The van der Waals surface area contributed by atoms with Crippen LogP contribution in [-0.4, -0.2) is 35.0 Å². The van der Waals surface area contributed by atoms with Crippen LogP contribution in [0.2, 0.25) is 0 Å². The Morgan fingerprint density at radius 3 is 2.82 bits per heavy atom. The highest BCUT2D eigenvalue weighted by atomic mass is 16.2. The third kappa shape index (κ3) is 2.84. The fraction of sp³-hybridized carbons (Fsp3) is 0.222. The Morgan fingerprint density at radius 1 is 1.21 bits per heavy atom. The average molecular weight is 379 g/mol. The zero-order chi connectivity index (χ0) is 19.8. The minimum atomic E-state index is -0.531. The van der Waals surface area contributed by atoms with Crippen molar-refractivity contribution in [1.82, 2.24) is 34.4 Å². The molecule has 28 heavy (non-hydrogen) atoms. The predicted octanol–water partition coefficient (Wildman–Crippen LogP) is 0.386. The molecule has 4 heterocycles. The fourth-order valence-electron chi connectivity index (χ4n) is 3.02. The summed E-state index contributed by atoms with van der Waals surface area (Å²) in [6.07, 6.45) is 4.56. The second-order valence-corrected chi connectivity index (χ2v) is 6.26. The first-order valence-corrected chi connectivity index (χ1v) is 8.70. The molecule has 0 aliphatic heterocycles. The van der Waals surface area contributed by atoms with E-state index in [4.69, 9.17) is 0 Å². The number of aryl methyl sites for hydroxylation is 2. The second-order valence-electron chi connectivity index (χ2n) is 6.26. The molecule has 0 bridgehead atoms. The van der Waals surface area contributed by atoms with Gasteiger partial charge < -0.3 is 14.9 Å². The number of H-pyrrole nitrogens is 1. The Bertz CT molecular complexity index is 1330. The third-order valence-electron chi connectivity index (χ3n) is 4.46. The van der Waals surface area contributed by atoms with Gasteiger partial charge in [0.15, 0.2) is 5.82 Å². The van der Waals surface area contributed by atoms with Crippen LogP contribution in [-0.2, 0) is 13.1 Å². The van der Waals surface area contributed by atoms with Crippen molar-refractivity contribution in [2.24, 2.45) is 0 Å². The molecule has 0 radical (unpaired) electrons. The van der Waals surface area contributed by atoms with Crippen molar-refractivity contribution in [1.29, 1.82) is 0 Å². The average Bonchev–Trinajstić information content (AvgIpc) is 3.11. The maximum absolute atomic E-state index is 12.8. The van der Waals surface area contributed by atoms with E-state index in [0.29, 0.717) is 23.4 Å². The molecular formula is C18H17N7O3. The molecule has 0 spiro atoms. The van der Waals surface area contributed by atoms with Crippen LogP contribution in [0.5, 0.6) is 0 Å². The molecule has 0 aliphatic rings. The Morgan fingerprint density at radius 2 is 2.04 bits per heavy atom. The molecule has 10 nitrogen and oxygen atoms in total. The molecule has 0 saturated heterocycles. The van der Waals surface area contributed by atoms with Gasteiger partial charge in [-0.15, -0.1) is 10.2 Å². The Kier molecular flexibility index (Phi) is 4.22. The van der Waals surface area contributed by atoms with Gasteiger partial charge in [0.1, 0.15) is 11.2 Å². The summed E-state index contributed by atoms with van der Waals surface area (Å²) in [5.74, 6) is -0.153. The number of hydrogen-bond acceptors (Lipinski definition) is 6. The zero-order valence-electron chi connectivity index (χ0n) is 15.3. The lowest BCUT2D eigenvalue weighted by Gasteiger charge is -2.11. The van der Waals surface area contributed by atoms with Crippen LogP contribution in [0.25, 0.3) is 16.7 Å². The monoisotopic (exact) mass is 379 g/mol. The molecule has 0 atom stereocenters. The van der Waals surface area contributed by atoms with Crippen LogP contribution in [0.1, 0.15) is 28.8 Å². The van der Waals surface area contributed by atoms with E-state index in [1.54, 1.807) is 22.9 Å². The van der Waals surface area contributed by atoms with Crippen LogP contribution in [0, 0.1) is 6.92 Å². The number of amides is 1. The number of rotatable bonds is 4. The highest BCUT2D eigenvalue weighted by Gasteiger charge is 2.17. The van der Waals surface area contributed by atoms with Gasteiger partial charge in [-0.25, -0.2) is 4.98 Å². The number of fused-ring (bicyclic) bond motifs is 2. The van der Waals surface area contributed by atoms with E-state index in [0.717, 1.165) is 5.69 Å². The van der Waals surface area contributed by atoms with E-state index >= 15 is 0 Å². The fourth-order valence-corrected chi connectivity index (χ4v) is 3.02. The van der Waals surface area contributed by atoms with Crippen molar-refractivity contribution in [3.8, 4) is 0 Å². The van der Waals surface area contributed by atoms with Gasteiger partial charge in [0, 0.05) is 30.8 Å². The number of carbonyl (C=O) groups excluding carboxylic acids is 1. The van der Waals surface area contributed by atoms with E-state index in [1.807, 2.05) is 13.8 Å². The minimum absolute atomic E-state index is 0.0131. The molecule has 0 aromatic carbocycles. The van der Waals surface area contributed by atoms with Gasteiger partial charge in [0.05, 0.1) is 11.9 Å². The normalized spacial score (nSPS) is 11.2. The Hall–Kier alpha value is -3.82. The van der Waals surface area contributed by atoms with Crippen molar-refractivity contribution in [2.75, 3.05) is 0 Å². The van der Waals surface area contributed by atoms with Gasteiger partial charge in [0.25, 0.3) is 11.5 Å². The van der Waals surface area contributed by atoms with Gasteiger partial charge in [-0.3, -0.25) is 18.8 Å². The first kappa shape index (κ1) is 17.6. The first-order valence-electron chi connectivity index (χ1n) is 8.70. The molecule has 0 unspecified atom stereocenters. The van der Waals surface area contributed by atoms with Crippen LogP contribution in [0.3, 0.4) is 0 Å². The lowest BCUT2D eigenvalue weighted by Crippen LogP contribution is -2.30. The van der Waals surface area contributed by atoms with Crippen molar-refractivity contribution >= 4 is 22.6 Å². The lowest BCUT2D eigenvalue weighted by atomic mass is 10.1. The summed E-state index contributed by atoms with van der Waals surface area (Å²) < 4.78 is 3.25. The van der Waals surface area contributed by atoms with Crippen molar-refractivity contribution in [2.45, 2.75) is 26.9 Å². The second kappa shape index (κ2) is 6.72. The maximum atomic E-state index is 12.8. The van der Waals surface area contributed by atoms with E-state index in [-0.39, 0.29) is 28.7 Å². The number of nitrogens with one attached hydrogen (secondary N) is 2. The number of hydrogen-bond donors (Lipinski definition) is 2. The van der Waals surface area contributed by atoms with E-state index in [9.17, 15) is 14.4 Å². The summed E-state index contributed by atoms with van der Waals surface area (Å²) in [5.41, 5.74) is 0.730. The zero-order valence-corrected chi connectivity index (χ0v) is 15.3. The number of carbonyl (C=O) groups is 1. The van der Waals surface area contributed by atoms with Crippen molar-refractivity contribution < 1.29 is 4.79 Å². The van der Waals surface area contributed by atoms with Gasteiger partial charge >= 0.3 is 0 Å². The summed E-state index contributed by atoms with van der Waals surface area (Å²) in [5, 5.41) is 10.8. The van der Waals surface area contributed by atoms with Crippen molar-refractivity contribution in [3.63, 3.8) is 0 Å². The molecule has 4 aromatic heterocycles. The number of pyridine rings is 2. The lowest BCUT2D eigenvalue weighted by molar-refractivity contribution is 0.0948. The Labute approximate surface area is 157 Å². The summed E-state index contributed by atoms with van der Waals surface area (Å²) >= 11 is 0. The molecule has 1 amide bonds. The molecule has 10 heteroatoms. The molecule has 142 valence electrons. The van der Waals surface area contributed by atoms with Crippen LogP contribution >= 0.6 is 0 Å². The first-order chi connectivity index (χ1) is 13.5. The quantitative estimate of drug-likeness (QED) is 0.528. The minimum Gasteiger partial charge on any atom is -0.345 e. The number of aromatic amines is 1. The van der Waals surface area contributed by atoms with E-state index in [2.05, 4.69) is 25.5 Å².